The monoisotopic (exact) mass is 348 g/mol. The van der Waals surface area contributed by atoms with E-state index in [0.717, 1.165) is 50.0 Å². The van der Waals surface area contributed by atoms with Gasteiger partial charge in [-0.1, -0.05) is 23.0 Å². The van der Waals surface area contributed by atoms with Gasteiger partial charge < -0.3 is 10.1 Å². The number of fused-ring (bicyclic) bond motifs is 1. The minimum absolute atomic E-state index is 0.342. The predicted octanol–water partition coefficient (Wildman–Crippen LogP) is 5.16. The van der Waals surface area contributed by atoms with E-state index in [4.69, 9.17) is 12.3 Å². The molecular weight excluding hydrogens is 324 g/mol. The van der Waals surface area contributed by atoms with Crippen LogP contribution in [0.15, 0.2) is 24.4 Å². The Labute approximate surface area is 153 Å². The molecule has 0 saturated carbocycles. The van der Waals surface area contributed by atoms with Crippen LogP contribution in [-0.4, -0.2) is 25.9 Å². The molecule has 3 heterocycles. The van der Waals surface area contributed by atoms with Crippen LogP contribution in [0.5, 0.6) is 0 Å². The smallest absolute Gasteiger partial charge is 0.263 e. The summed E-state index contributed by atoms with van der Waals surface area (Å²) in [6.45, 7) is 9.98. The minimum Gasteiger partial charge on any atom is -0.480 e. The molecule has 0 aliphatic heterocycles. The number of unbranched alkanes of at least 4 members (excludes halogenated alkanes) is 3. The molecule has 0 aliphatic carbocycles. The van der Waals surface area contributed by atoms with Crippen molar-refractivity contribution in [3.8, 4) is 18.0 Å². The fourth-order valence-corrected chi connectivity index (χ4v) is 3.32. The van der Waals surface area contributed by atoms with E-state index in [1.807, 2.05) is 36.4 Å². The molecule has 0 radical (unpaired) electrons. The van der Waals surface area contributed by atoms with E-state index in [2.05, 4.69) is 19.8 Å². The SMILES string of the molecule is C#[N+]CCCCCCc1c(C)nc2nc(-c3ccccn3)c([NH-])n2c1C. The Morgan fingerprint density at radius 2 is 1.92 bits per heavy atom. The van der Waals surface area contributed by atoms with E-state index in [1.54, 1.807) is 6.20 Å². The molecule has 134 valence electrons. The Morgan fingerprint density at radius 1 is 1.12 bits per heavy atom. The van der Waals surface area contributed by atoms with Crippen LogP contribution in [0.2, 0.25) is 0 Å². The first-order valence-corrected chi connectivity index (χ1v) is 9.01. The van der Waals surface area contributed by atoms with Gasteiger partial charge >= 0.3 is 0 Å². The van der Waals surface area contributed by atoms with Crippen molar-refractivity contribution in [2.24, 2.45) is 0 Å². The Balaban J connectivity index is 1.87. The van der Waals surface area contributed by atoms with Gasteiger partial charge in [0.2, 0.25) is 0 Å². The molecule has 0 unspecified atom stereocenters. The first kappa shape index (κ1) is 17.9. The van der Waals surface area contributed by atoms with Gasteiger partial charge in [-0.25, -0.2) is 9.97 Å². The van der Waals surface area contributed by atoms with Gasteiger partial charge in [0, 0.05) is 18.3 Å². The molecule has 0 atom stereocenters. The van der Waals surface area contributed by atoms with E-state index in [-0.39, 0.29) is 0 Å². The van der Waals surface area contributed by atoms with Crippen molar-refractivity contribution in [1.82, 2.24) is 19.4 Å². The summed E-state index contributed by atoms with van der Waals surface area (Å²) in [7, 11) is 0. The third-order valence-electron chi connectivity index (χ3n) is 4.71. The van der Waals surface area contributed by atoms with Crippen LogP contribution in [0.3, 0.4) is 0 Å². The van der Waals surface area contributed by atoms with Crippen molar-refractivity contribution in [3.63, 3.8) is 0 Å². The molecule has 6 heteroatoms. The molecule has 0 aromatic carbocycles. The zero-order valence-corrected chi connectivity index (χ0v) is 15.4. The molecule has 0 spiro atoms. The average molecular weight is 348 g/mol. The average Bonchev–Trinajstić information content (AvgIpc) is 2.97. The summed E-state index contributed by atoms with van der Waals surface area (Å²) in [5.41, 5.74) is 13.1. The summed E-state index contributed by atoms with van der Waals surface area (Å²) in [5.74, 6) is 0.911. The van der Waals surface area contributed by atoms with Crippen molar-refractivity contribution in [3.05, 3.63) is 51.9 Å². The summed E-state index contributed by atoms with van der Waals surface area (Å²) in [6.07, 6.45) is 7.08. The molecule has 6 nitrogen and oxygen atoms in total. The number of pyridine rings is 1. The fourth-order valence-electron chi connectivity index (χ4n) is 3.32. The van der Waals surface area contributed by atoms with E-state index in [0.29, 0.717) is 23.0 Å². The Morgan fingerprint density at radius 3 is 2.65 bits per heavy atom. The highest BCUT2D eigenvalue weighted by molar-refractivity contribution is 5.73. The van der Waals surface area contributed by atoms with Crippen LogP contribution in [0.1, 0.15) is 42.6 Å². The standard InChI is InChI=1S/C20H24N6/c1-14-16(10-6-4-5-8-12-22-3)15(2)26-19(21)18(25-20(26)24-14)17-11-7-9-13-23-17/h3,7,9,11,13,21H,4-6,8,10,12H2,1-2H3. The normalized spacial score (nSPS) is 11.0. The molecule has 0 bridgehead atoms. The summed E-state index contributed by atoms with van der Waals surface area (Å²) < 4.78 is 1.83. The molecule has 0 saturated heterocycles. The van der Waals surface area contributed by atoms with Gasteiger partial charge in [-0.2, -0.15) is 0 Å². The first-order chi connectivity index (χ1) is 12.6. The molecule has 1 N–H and O–H groups in total. The van der Waals surface area contributed by atoms with Crippen molar-refractivity contribution < 1.29 is 0 Å². The largest absolute Gasteiger partial charge is 0.480 e. The number of hydrogen-bond donors (Lipinski definition) is 0. The topological polar surface area (TPSA) is 71.2 Å². The van der Waals surface area contributed by atoms with Gasteiger partial charge in [0.05, 0.1) is 11.4 Å². The number of aryl methyl sites for hydroxylation is 2. The maximum atomic E-state index is 8.55. The molecule has 0 fully saturated rings. The lowest BCUT2D eigenvalue weighted by Gasteiger charge is -2.17. The maximum Gasteiger partial charge on any atom is 0.263 e. The third-order valence-corrected chi connectivity index (χ3v) is 4.71. The van der Waals surface area contributed by atoms with Crippen molar-refractivity contribution in [2.45, 2.75) is 46.0 Å². The summed E-state index contributed by atoms with van der Waals surface area (Å²) in [5, 5.41) is 0. The van der Waals surface area contributed by atoms with E-state index >= 15 is 0 Å². The number of nitrogens with one attached hydrogen (secondary N) is 1. The van der Waals surface area contributed by atoms with Crippen molar-refractivity contribution >= 4 is 11.6 Å². The van der Waals surface area contributed by atoms with Crippen molar-refractivity contribution in [2.75, 3.05) is 6.54 Å². The number of hydrogen-bond acceptors (Lipinski definition) is 3. The zero-order valence-electron chi connectivity index (χ0n) is 15.4. The molecular formula is C20H24N6. The second-order valence-corrected chi connectivity index (χ2v) is 6.49. The molecule has 0 amide bonds. The Hall–Kier alpha value is -2.94. The number of nitrogens with zero attached hydrogens (tertiary/aromatic N) is 5. The molecule has 0 aliphatic rings. The quantitative estimate of drug-likeness (QED) is 0.554. The van der Waals surface area contributed by atoms with Crippen LogP contribution in [0.4, 0.5) is 5.82 Å². The van der Waals surface area contributed by atoms with Gasteiger partial charge in [-0.05, 0) is 56.6 Å². The Kier molecular flexibility index (Phi) is 5.47. The predicted molar refractivity (Wildman–Crippen MR) is 105 cm³/mol. The lowest BCUT2D eigenvalue weighted by Crippen LogP contribution is -2.04. The van der Waals surface area contributed by atoms with Crippen LogP contribution >= 0.6 is 0 Å². The van der Waals surface area contributed by atoms with Crippen LogP contribution in [0.25, 0.3) is 27.7 Å². The minimum atomic E-state index is 0.342. The molecule has 3 rings (SSSR count). The van der Waals surface area contributed by atoms with Gasteiger partial charge in [-0.15, -0.1) is 0 Å². The zero-order chi connectivity index (χ0) is 18.5. The molecule has 3 aromatic rings. The number of imidazole rings is 1. The van der Waals surface area contributed by atoms with Crippen LogP contribution in [0, 0.1) is 20.4 Å². The van der Waals surface area contributed by atoms with Crippen LogP contribution in [-0.2, 0) is 6.42 Å². The summed E-state index contributed by atoms with van der Waals surface area (Å²) in [6, 6.07) is 5.63. The first-order valence-electron chi connectivity index (χ1n) is 9.01. The number of rotatable bonds is 7. The highest BCUT2D eigenvalue weighted by Gasteiger charge is 2.12. The maximum absolute atomic E-state index is 8.55. The lowest BCUT2D eigenvalue weighted by molar-refractivity contribution is 0.655. The van der Waals surface area contributed by atoms with Crippen LogP contribution < -0.4 is 0 Å². The summed E-state index contributed by atoms with van der Waals surface area (Å²) >= 11 is 0. The van der Waals surface area contributed by atoms with E-state index in [1.165, 1.54) is 5.56 Å². The highest BCUT2D eigenvalue weighted by atomic mass is 15.2. The third kappa shape index (κ3) is 3.52. The Bertz CT molecular complexity index is 937. The van der Waals surface area contributed by atoms with E-state index in [9.17, 15) is 0 Å². The summed E-state index contributed by atoms with van der Waals surface area (Å²) in [4.78, 5) is 17.2. The second kappa shape index (κ2) is 7.96. The van der Waals surface area contributed by atoms with Gasteiger partial charge in [-0.3, -0.25) is 4.98 Å². The van der Waals surface area contributed by atoms with Gasteiger partial charge in [0.15, 0.2) is 0 Å². The van der Waals surface area contributed by atoms with Gasteiger partial charge in [0.1, 0.15) is 5.78 Å². The molecule has 3 aromatic heterocycles. The number of aromatic nitrogens is 4. The fraction of sp³-hybridized carbons (Fsp3) is 0.400. The van der Waals surface area contributed by atoms with Crippen molar-refractivity contribution in [1.29, 1.82) is 0 Å². The van der Waals surface area contributed by atoms with E-state index < -0.39 is 0 Å². The molecule has 26 heavy (non-hydrogen) atoms. The highest BCUT2D eigenvalue weighted by Crippen LogP contribution is 2.31. The van der Waals surface area contributed by atoms with Gasteiger partial charge in [0.25, 0.3) is 13.1 Å². The second-order valence-electron chi connectivity index (χ2n) is 6.49. The lowest BCUT2D eigenvalue weighted by atomic mass is 10.0.